The molecular formula is C23H28N2O6. The van der Waals surface area contributed by atoms with Crippen LogP contribution in [-0.2, 0) is 25.5 Å². The van der Waals surface area contributed by atoms with Gasteiger partial charge < -0.3 is 24.3 Å². The average Bonchev–Trinajstić information content (AvgIpc) is 2.77. The second kappa shape index (κ2) is 11.9. The number of cyclic esters (lactones) is 1. The zero-order valence-electron chi connectivity index (χ0n) is 17.5. The van der Waals surface area contributed by atoms with E-state index >= 15 is 0 Å². The largest absolute Gasteiger partial charge is 0.508 e. The standard InChI is InChI=1S/C23H28N2O6/c26-20-8-9-21-18(16-20)15-19(7-5-3-1-2-4-6-12-30-23(21)28)24-31-17-22(27)25-10-13-29-14-11-25/h2,4-5,7-9,16,26H,1,3,6,10-15,17H2/b4-2+,7-5+,24-19+. The molecule has 31 heavy (non-hydrogen) atoms. The van der Waals surface area contributed by atoms with Crippen molar-refractivity contribution in [3.8, 4) is 5.75 Å². The van der Waals surface area contributed by atoms with Gasteiger partial charge in [-0.05, 0) is 49.1 Å². The van der Waals surface area contributed by atoms with E-state index in [0.717, 1.165) is 12.8 Å². The van der Waals surface area contributed by atoms with Crippen molar-refractivity contribution in [2.75, 3.05) is 39.5 Å². The topological polar surface area (TPSA) is 97.7 Å². The number of aromatic hydroxyl groups is 1. The molecule has 0 aromatic heterocycles. The minimum Gasteiger partial charge on any atom is -0.508 e. The minimum absolute atomic E-state index is 0.0438. The summed E-state index contributed by atoms with van der Waals surface area (Å²) in [6.45, 7) is 2.25. The zero-order valence-corrected chi connectivity index (χ0v) is 17.5. The number of esters is 1. The van der Waals surface area contributed by atoms with Gasteiger partial charge >= 0.3 is 5.97 Å². The molecular weight excluding hydrogens is 400 g/mol. The Kier molecular flexibility index (Phi) is 8.66. The normalized spacial score (nSPS) is 21.5. The van der Waals surface area contributed by atoms with Gasteiger partial charge in [0.15, 0.2) is 6.61 Å². The predicted octanol–water partition coefficient (Wildman–Crippen LogP) is 2.62. The molecule has 1 amide bonds. The fourth-order valence-corrected chi connectivity index (χ4v) is 3.26. The van der Waals surface area contributed by atoms with Crippen LogP contribution in [0.5, 0.6) is 5.75 Å². The van der Waals surface area contributed by atoms with Gasteiger partial charge in [-0.3, -0.25) is 4.79 Å². The van der Waals surface area contributed by atoms with Gasteiger partial charge in [-0.1, -0.05) is 23.4 Å². The Labute approximate surface area is 181 Å². The number of carbonyl (C=O) groups excluding carboxylic acids is 2. The van der Waals surface area contributed by atoms with Crippen LogP contribution in [0.15, 0.2) is 47.7 Å². The van der Waals surface area contributed by atoms with Crippen molar-refractivity contribution in [2.45, 2.75) is 25.7 Å². The number of phenols is 1. The fraction of sp³-hybridized carbons (Fsp3) is 0.435. The predicted molar refractivity (Wildman–Crippen MR) is 115 cm³/mol. The second-order valence-electron chi connectivity index (χ2n) is 7.24. The molecule has 0 radical (unpaired) electrons. The summed E-state index contributed by atoms with van der Waals surface area (Å²) < 4.78 is 10.6. The molecule has 0 unspecified atom stereocenters. The lowest BCUT2D eigenvalue weighted by Crippen LogP contribution is -2.42. The molecule has 1 aromatic carbocycles. The number of ether oxygens (including phenoxy) is 2. The summed E-state index contributed by atoms with van der Waals surface area (Å²) in [5.41, 5.74) is 1.48. The Balaban J connectivity index is 1.75. The summed E-state index contributed by atoms with van der Waals surface area (Å²) in [6, 6.07) is 4.51. The van der Waals surface area contributed by atoms with E-state index in [1.54, 1.807) is 11.0 Å². The van der Waals surface area contributed by atoms with Gasteiger partial charge in [0.25, 0.3) is 5.91 Å². The number of benzene rings is 1. The molecule has 0 bridgehead atoms. The van der Waals surface area contributed by atoms with E-state index in [0.29, 0.717) is 56.2 Å². The van der Waals surface area contributed by atoms with Gasteiger partial charge in [0.2, 0.25) is 0 Å². The van der Waals surface area contributed by atoms with Crippen LogP contribution in [0.25, 0.3) is 0 Å². The third-order valence-electron chi connectivity index (χ3n) is 4.91. The molecule has 8 nitrogen and oxygen atoms in total. The first-order chi connectivity index (χ1) is 15.1. The maximum atomic E-state index is 12.5. The first kappa shape index (κ1) is 22.6. The molecule has 166 valence electrons. The van der Waals surface area contributed by atoms with E-state index in [4.69, 9.17) is 14.3 Å². The number of phenolic OH excluding ortho intramolecular Hbond substituents is 1. The van der Waals surface area contributed by atoms with Gasteiger partial charge in [0.1, 0.15) is 5.75 Å². The second-order valence-corrected chi connectivity index (χ2v) is 7.24. The lowest BCUT2D eigenvalue weighted by atomic mass is 10.0. The number of hydrogen-bond acceptors (Lipinski definition) is 7. The highest BCUT2D eigenvalue weighted by Crippen LogP contribution is 2.19. The first-order valence-electron chi connectivity index (χ1n) is 10.5. The number of morpholine rings is 1. The van der Waals surface area contributed by atoms with E-state index < -0.39 is 5.97 Å². The monoisotopic (exact) mass is 428 g/mol. The van der Waals surface area contributed by atoms with E-state index in [1.165, 1.54) is 12.1 Å². The summed E-state index contributed by atoms with van der Waals surface area (Å²) in [5, 5.41) is 14.1. The van der Waals surface area contributed by atoms with Crippen molar-refractivity contribution in [1.29, 1.82) is 0 Å². The molecule has 1 saturated heterocycles. The van der Waals surface area contributed by atoms with Crippen molar-refractivity contribution < 1.29 is 29.0 Å². The maximum absolute atomic E-state index is 12.5. The summed E-state index contributed by atoms with van der Waals surface area (Å²) in [6.07, 6.45) is 10.4. The van der Waals surface area contributed by atoms with Crippen molar-refractivity contribution in [2.24, 2.45) is 5.16 Å². The molecule has 1 N–H and O–H groups in total. The summed E-state index contributed by atoms with van der Waals surface area (Å²) in [4.78, 5) is 31.8. The van der Waals surface area contributed by atoms with Crippen LogP contribution in [0.3, 0.4) is 0 Å². The van der Waals surface area contributed by atoms with Crippen LogP contribution in [0.1, 0.15) is 35.2 Å². The summed E-state index contributed by atoms with van der Waals surface area (Å²) >= 11 is 0. The average molecular weight is 428 g/mol. The molecule has 2 aliphatic rings. The van der Waals surface area contributed by atoms with Gasteiger partial charge in [0.05, 0.1) is 31.1 Å². The number of allylic oxidation sites excluding steroid dienone is 3. The van der Waals surface area contributed by atoms with E-state index in [2.05, 4.69) is 5.16 Å². The number of fused-ring (bicyclic) bond motifs is 1. The highest BCUT2D eigenvalue weighted by atomic mass is 16.6. The SMILES string of the molecule is O=C1OCC/C=C/CC/C=C/C(=N\OCC(=O)N2CCOCC2)Cc2cc(O)ccc21. The van der Waals surface area contributed by atoms with E-state index in [9.17, 15) is 14.7 Å². The maximum Gasteiger partial charge on any atom is 0.338 e. The van der Waals surface area contributed by atoms with Crippen LogP contribution in [0.2, 0.25) is 0 Å². The van der Waals surface area contributed by atoms with Crippen LogP contribution in [0, 0.1) is 0 Å². The van der Waals surface area contributed by atoms with E-state index in [-0.39, 0.29) is 24.7 Å². The first-order valence-corrected chi connectivity index (χ1v) is 10.5. The molecule has 0 aliphatic carbocycles. The highest BCUT2D eigenvalue weighted by Gasteiger charge is 2.18. The molecule has 3 rings (SSSR count). The molecule has 1 fully saturated rings. The lowest BCUT2D eigenvalue weighted by Gasteiger charge is -2.26. The highest BCUT2D eigenvalue weighted by molar-refractivity contribution is 5.99. The molecule has 0 atom stereocenters. The third-order valence-corrected chi connectivity index (χ3v) is 4.91. The minimum atomic E-state index is -0.452. The molecule has 0 saturated carbocycles. The summed E-state index contributed by atoms with van der Waals surface area (Å²) in [5.74, 6) is -0.557. The molecule has 0 spiro atoms. The smallest absolute Gasteiger partial charge is 0.338 e. The Morgan fingerprint density at radius 3 is 2.71 bits per heavy atom. The van der Waals surface area contributed by atoms with E-state index in [1.807, 2.05) is 24.3 Å². The zero-order chi connectivity index (χ0) is 21.9. The number of hydrogen-bond donors (Lipinski definition) is 1. The summed E-state index contributed by atoms with van der Waals surface area (Å²) in [7, 11) is 0. The van der Waals surface area contributed by atoms with Gasteiger partial charge in [0, 0.05) is 19.5 Å². The number of carbonyl (C=O) groups is 2. The number of oxime groups is 1. The van der Waals surface area contributed by atoms with Gasteiger partial charge in [-0.15, -0.1) is 0 Å². The molecule has 2 aliphatic heterocycles. The van der Waals surface area contributed by atoms with Crippen molar-refractivity contribution in [1.82, 2.24) is 4.90 Å². The van der Waals surface area contributed by atoms with Crippen molar-refractivity contribution >= 4 is 17.6 Å². The fourth-order valence-electron chi connectivity index (χ4n) is 3.26. The number of amides is 1. The third kappa shape index (κ3) is 7.25. The molecule has 2 heterocycles. The van der Waals surface area contributed by atoms with Crippen LogP contribution < -0.4 is 0 Å². The quantitative estimate of drug-likeness (QED) is 0.452. The van der Waals surface area contributed by atoms with Crippen LogP contribution in [-0.4, -0.2) is 67.1 Å². The Hall–Kier alpha value is -3.13. The van der Waals surface area contributed by atoms with Gasteiger partial charge in [-0.25, -0.2) is 4.79 Å². The Morgan fingerprint density at radius 1 is 1.10 bits per heavy atom. The number of nitrogens with zero attached hydrogens (tertiary/aromatic N) is 2. The van der Waals surface area contributed by atoms with Crippen LogP contribution >= 0.6 is 0 Å². The Bertz CT molecular complexity index is 856. The van der Waals surface area contributed by atoms with Crippen LogP contribution in [0.4, 0.5) is 0 Å². The molecule has 1 aromatic rings. The van der Waals surface area contributed by atoms with Gasteiger partial charge in [-0.2, -0.15) is 0 Å². The Morgan fingerprint density at radius 2 is 1.87 bits per heavy atom. The van der Waals surface area contributed by atoms with Crippen molar-refractivity contribution in [3.63, 3.8) is 0 Å². The van der Waals surface area contributed by atoms with Crippen molar-refractivity contribution in [3.05, 3.63) is 53.6 Å². The lowest BCUT2D eigenvalue weighted by molar-refractivity contribution is -0.140. The molecule has 8 heteroatoms. The number of rotatable bonds is 3.